The molecular weight excluding hydrogens is 360 g/mol. The minimum Gasteiger partial charge on any atom is -0.493 e. The zero-order chi connectivity index (χ0) is 16.4. The molecule has 126 valence electrons. The fraction of sp³-hybridized carbons (Fsp3) is 0.611. The highest BCUT2D eigenvalue weighted by Gasteiger charge is 2.43. The van der Waals surface area contributed by atoms with Gasteiger partial charge >= 0.3 is 5.97 Å². The van der Waals surface area contributed by atoms with Gasteiger partial charge in [0.1, 0.15) is 0 Å². The number of halogens is 1. The number of rotatable bonds is 6. The van der Waals surface area contributed by atoms with Gasteiger partial charge in [-0.2, -0.15) is 0 Å². The molecule has 1 aromatic rings. The molecule has 23 heavy (non-hydrogen) atoms. The highest BCUT2D eigenvalue weighted by Crippen LogP contribution is 2.46. The van der Waals surface area contributed by atoms with Crippen molar-refractivity contribution in [1.29, 1.82) is 0 Å². The summed E-state index contributed by atoms with van der Waals surface area (Å²) < 4.78 is 12.1. The predicted molar refractivity (Wildman–Crippen MR) is 91.3 cm³/mol. The number of ether oxygens (including phenoxy) is 2. The van der Waals surface area contributed by atoms with Crippen LogP contribution >= 0.6 is 15.9 Å². The number of carboxylic acids is 1. The van der Waals surface area contributed by atoms with Gasteiger partial charge in [-0.25, -0.2) is 0 Å². The lowest BCUT2D eigenvalue weighted by Gasteiger charge is -2.34. The van der Waals surface area contributed by atoms with Gasteiger partial charge in [0, 0.05) is 4.47 Å². The smallest absolute Gasteiger partial charge is 0.314 e. The average Bonchev–Trinajstić information content (AvgIpc) is 3.37. The van der Waals surface area contributed by atoms with Gasteiger partial charge in [-0.3, -0.25) is 4.79 Å². The Hall–Kier alpha value is -1.23. The molecule has 0 aromatic heterocycles. The normalized spacial score (nSPS) is 20.1. The van der Waals surface area contributed by atoms with Crippen LogP contribution in [0.5, 0.6) is 11.5 Å². The maximum Gasteiger partial charge on any atom is 0.314 e. The Balaban J connectivity index is 1.95. The number of aliphatic carboxylic acids is 1. The van der Waals surface area contributed by atoms with Crippen LogP contribution in [0.4, 0.5) is 0 Å². The number of carboxylic acid groups (broad SMARTS) is 1. The highest BCUT2D eigenvalue weighted by molar-refractivity contribution is 9.10. The van der Waals surface area contributed by atoms with Crippen molar-refractivity contribution in [3.63, 3.8) is 0 Å². The van der Waals surface area contributed by atoms with Crippen molar-refractivity contribution in [2.24, 2.45) is 5.92 Å². The molecule has 0 radical (unpaired) electrons. The molecule has 4 nitrogen and oxygen atoms in total. The molecule has 2 fully saturated rings. The zero-order valence-electron chi connectivity index (χ0n) is 13.4. The lowest BCUT2D eigenvalue weighted by molar-refractivity contribution is -0.145. The fourth-order valence-corrected chi connectivity index (χ4v) is 4.12. The largest absolute Gasteiger partial charge is 0.493 e. The quantitative estimate of drug-likeness (QED) is 0.784. The third-order valence-corrected chi connectivity index (χ3v) is 5.71. The van der Waals surface area contributed by atoms with Gasteiger partial charge in [-0.1, -0.05) is 35.2 Å². The van der Waals surface area contributed by atoms with E-state index in [1.807, 2.05) is 12.1 Å². The molecule has 0 heterocycles. The summed E-state index contributed by atoms with van der Waals surface area (Å²) in [5, 5.41) is 9.89. The minimum atomic E-state index is -0.820. The van der Waals surface area contributed by atoms with E-state index in [1.54, 1.807) is 7.11 Å². The number of methoxy groups -OCH3 is 1. The minimum absolute atomic E-state index is 0.620. The monoisotopic (exact) mass is 382 g/mol. The molecule has 0 saturated heterocycles. The molecule has 1 N–H and O–H groups in total. The summed E-state index contributed by atoms with van der Waals surface area (Å²) in [6, 6.07) is 3.72. The van der Waals surface area contributed by atoms with Crippen molar-refractivity contribution >= 4 is 21.9 Å². The molecule has 0 amide bonds. The third kappa shape index (κ3) is 3.35. The van der Waals surface area contributed by atoms with E-state index in [0.717, 1.165) is 29.3 Å². The SMILES string of the molecule is COc1cc(C2(C(=O)O)CCCCC2)c(Br)cc1OCC1CC1. The molecule has 2 saturated carbocycles. The summed E-state index contributed by atoms with van der Waals surface area (Å²) in [4.78, 5) is 12.0. The van der Waals surface area contributed by atoms with Crippen LogP contribution < -0.4 is 9.47 Å². The van der Waals surface area contributed by atoms with E-state index in [2.05, 4.69) is 15.9 Å². The first-order valence-electron chi connectivity index (χ1n) is 8.31. The molecule has 2 aliphatic rings. The van der Waals surface area contributed by atoms with Crippen molar-refractivity contribution in [3.8, 4) is 11.5 Å². The third-order valence-electron chi connectivity index (χ3n) is 5.06. The second kappa shape index (κ2) is 6.71. The van der Waals surface area contributed by atoms with Crippen molar-refractivity contribution in [1.82, 2.24) is 0 Å². The maximum absolute atomic E-state index is 12.0. The standard InChI is InChI=1S/C18H23BrO4/c1-22-15-9-13(18(17(20)21)7-3-2-4-8-18)14(19)10-16(15)23-11-12-5-6-12/h9-10,12H,2-8,11H2,1H3,(H,20,21). The van der Waals surface area contributed by atoms with Gasteiger partial charge < -0.3 is 14.6 Å². The van der Waals surface area contributed by atoms with E-state index in [1.165, 1.54) is 12.8 Å². The number of benzene rings is 1. The predicted octanol–water partition coefficient (Wildman–Crippen LogP) is 4.53. The number of hydrogen-bond donors (Lipinski definition) is 1. The van der Waals surface area contributed by atoms with Crippen LogP contribution in [0, 0.1) is 5.92 Å². The summed E-state index contributed by atoms with van der Waals surface area (Å²) >= 11 is 3.57. The molecule has 0 aliphatic heterocycles. The van der Waals surface area contributed by atoms with E-state index in [0.29, 0.717) is 36.9 Å². The van der Waals surface area contributed by atoms with Crippen LogP contribution in [0.3, 0.4) is 0 Å². The summed E-state index contributed by atoms with van der Waals surface area (Å²) in [7, 11) is 1.60. The Morgan fingerprint density at radius 2 is 1.96 bits per heavy atom. The Bertz CT molecular complexity index is 589. The molecule has 2 aliphatic carbocycles. The number of hydrogen-bond acceptors (Lipinski definition) is 3. The van der Waals surface area contributed by atoms with E-state index in [4.69, 9.17) is 9.47 Å². The molecule has 1 aromatic carbocycles. The summed E-state index contributed by atoms with van der Waals surface area (Å²) in [6.07, 6.45) is 6.79. The molecule has 0 atom stereocenters. The zero-order valence-corrected chi connectivity index (χ0v) is 15.0. The topological polar surface area (TPSA) is 55.8 Å². The van der Waals surface area contributed by atoms with Crippen LogP contribution in [-0.4, -0.2) is 24.8 Å². The van der Waals surface area contributed by atoms with Gasteiger partial charge in [-0.05, 0) is 49.3 Å². The van der Waals surface area contributed by atoms with Crippen LogP contribution in [0.1, 0.15) is 50.5 Å². The van der Waals surface area contributed by atoms with Crippen LogP contribution in [-0.2, 0) is 10.2 Å². The van der Waals surface area contributed by atoms with Crippen molar-refractivity contribution in [3.05, 3.63) is 22.2 Å². The summed E-state index contributed by atoms with van der Waals surface area (Å²) in [6.45, 7) is 0.701. The van der Waals surface area contributed by atoms with Crippen molar-refractivity contribution in [2.75, 3.05) is 13.7 Å². The first-order valence-corrected chi connectivity index (χ1v) is 9.10. The molecule has 0 unspecified atom stereocenters. The maximum atomic E-state index is 12.0. The molecule has 3 rings (SSSR count). The Labute approximate surface area is 145 Å². The highest BCUT2D eigenvalue weighted by atomic mass is 79.9. The summed E-state index contributed by atoms with van der Waals surface area (Å²) in [5.74, 6) is 1.22. The van der Waals surface area contributed by atoms with Crippen LogP contribution in [0.2, 0.25) is 0 Å². The van der Waals surface area contributed by atoms with Gasteiger partial charge in [0.15, 0.2) is 11.5 Å². The number of carbonyl (C=O) groups is 1. The van der Waals surface area contributed by atoms with Gasteiger partial charge in [-0.15, -0.1) is 0 Å². The van der Waals surface area contributed by atoms with Crippen LogP contribution in [0.25, 0.3) is 0 Å². The molecular formula is C18H23BrO4. The Morgan fingerprint density at radius 3 is 2.52 bits per heavy atom. The van der Waals surface area contributed by atoms with Crippen LogP contribution in [0.15, 0.2) is 16.6 Å². The fourth-order valence-electron chi connectivity index (χ4n) is 3.42. The van der Waals surface area contributed by atoms with Crippen molar-refractivity contribution < 1.29 is 19.4 Å². The first-order chi connectivity index (χ1) is 11.1. The molecule has 0 bridgehead atoms. The van der Waals surface area contributed by atoms with Gasteiger partial charge in [0.05, 0.1) is 19.1 Å². The summed E-state index contributed by atoms with van der Waals surface area (Å²) in [5.41, 5.74) is -0.0142. The van der Waals surface area contributed by atoms with E-state index in [-0.39, 0.29) is 0 Å². The Morgan fingerprint density at radius 1 is 1.26 bits per heavy atom. The van der Waals surface area contributed by atoms with E-state index >= 15 is 0 Å². The van der Waals surface area contributed by atoms with E-state index in [9.17, 15) is 9.90 Å². The first kappa shape index (κ1) is 16.6. The molecule has 5 heteroatoms. The second-order valence-electron chi connectivity index (χ2n) is 6.69. The molecule has 0 spiro atoms. The van der Waals surface area contributed by atoms with Gasteiger partial charge in [0.25, 0.3) is 0 Å². The second-order valence-corrected chi connectivity index (χ2v) is 7.54. The van der Waals surface area contributed by atoms with E-state index < -0.39 is 11.4 Å². The van der Waals surface area contributed by atoms with Gasteiger partial charge in [0.2, 0.25) is 0 Å². The average molecular weight is 383 g/mol. The van der Waals surface area contributed by atoms with Crippen molar-refractivity contribution in [2.45, 2.75) is 50.4 Å². The lowest BCUT2D eigenvalue weighted by atomic mass is 9.69. The Kier molecular flexibility index (Phi) is 4.85. The lowest BCUT2D eigenvalue weighted by Crippen LogP contribution is -2.38.